The second-order valence-corrected chi connectivity index (χ2v) is 6.24. The molecule has 0 aliphatic carbocycles. The summed E-state index contributed by atoms with van der Waals surface area (Å²) in [5, 5.41) is 5.97. The molecule has 5 aromatic rings. The van der Waals surface area contributed by atoms with Gasteiger partial charge in [0.25, 0.3) is 0 Å². The zero-order valence-corrected chi connectivity index (χ0v) is 13.8. The lowest BCUT2D eigenvalue weighted by atomic mass is 9.97. The van der Waals surface area contributed by atoms with Crippen molar-refractivity contribution in [3.8, 4) is 16.9 Å². The number of rotatable bonds is 2. The van der Waals surface area contributed by atoms with E-state index in [1.165, 1.54) is 26.9 Å². The number of hydrogen-bond donors (Lipinski definition) is 0. The van der Waals surface area contributed by atoms with Gasteiger partial charge in [0.2, 0.25) is 0 Å². The molecule has 0 bridgehead atoms. The molecule has 0 spiro atoms. The van der Waals surface area contributed by atoms with Crippen LogP contribution in [-0.4, -0.2) is 7.11 Å². The van der Waals surface area contributed by atoms with Crippen LogP contribution >= 0.6 is 0 Å². The van der Waals surface area contributed by atoms with E-state index in [-0.39, 0.29) is 0 Å². The Morgan fingerprint density at radius 3 is 2.48 bits per heavy atom. The molecule has 25 heavy (non-hydrogen) atoms. The summed E-state index contributed by atoms with van der Waals surface area (Å²) in [6.07, 6.45) is 1.86. The molecule has 0 saturated carbocycles. The number of methoxy groups -OCH3 is 1. The molecule has 0 aliphatic rings. The van der Waals surface area contributed by atoms with Gasteiger partial charge in [-0.25, -0.2) is 0 Å². The second kappa shape index (κ2) is 5.38. The fraction of sp³-hybridized carbons (Fsp3) is 0.0435. The maximum Gasteiger partial charge on any atom is 0.135 e. The van der Waals surface area contributed by atoms with Crippen molar-refractivity contribution in [2.24, 2.45) is 0 Å². The van der Waals surface area contributed by atoms with Gasteiger partial charge in [0.05, 0.1) is 13.4 Å². The molecule has 0 fully saturated rings. The van der Waals surface area contributed by atoms with Gasteiger partial charge >= 0.3 is 0 Å². The van der Waals surface area contributed by atoms with Crippen LogP contribution in [0.4, 0.5) is 0 Å². The minimum atomic E-state index is 0.875. The largest absolute Gasteiger partial charge is 0.497 e. The number of furan rings is 1. The lowest BCUT2D eigenvalue weighted by molar-refractivity contribution is 0.415. The van der Waals surface area contributed by atoms with Crippen LogP contribution in [0.25, 0.3) is 43.6 Å². The molecule has 2 heteroatoms. The molecule has 1 heterocycles. The van der Waals surface area contributed by atoms with Gasteiger partial charge in [0.15, 0.2) is 0 Å². The quantitative estimate of drug-likeness (QED) is 0.374. The highest BCUT2D eigenvalue weighted by molar-refractivity contribution is 6.13. The Hall–Kier alpha value is -3.26. The van der Waals surface area contributed by atoms with E-state index < -0.39 is 0 Å². The molecule has 1 aromatic heterocycles. The molecule has 0 N–H and O–H groups in total. The topological polar surface area (TPSA) is 22.4 Å². The van der Waals surface area contributed by atoms with Crippen molar-refractivity contribution in [2.45, 2.75) is 0 Å². The average Bonchev–Trinajstić information content (AvgIpc) is 3.12. The summed E-state index contributed by atoms with van der Waals surface area (Å²) >= 11 is 0. The van der Waals surface area contributed by atoms with E-state index in [9.17, 15) is 0 Å². The standard InChI is InChI=1S/C23H16O2/c1-24-19-10-8-16-12-18(7-6-17(16)13-19)21-14-25-22-11-9-15-4-2-3-5-20(15)23(21)22/h2-14H,1H3. The molecule has 0 amide bonds. The summed E-state index contributed by atoms with van der Waals surface area (Å²) in [5.74, 6) is 0.875. The van der Waals surface area contributed by atoms with Crippen molar-refractivity contribution >= 4 is 32.5 Å². The predicted molar refractivity (Wildman–Crippen MR) is 103 cm³/mol. The first kappa shape index (κ1) is 14.1. The number of hydrogen-bond acceptors (Lipinski definition) is 2. The van der Waals surface area contributed by atoms with Crippen molar-refractivity contribution in [1.82, 2.24) is 0 Å². The maximum absolute atomic E-state index is 5.84. The van der Waals surface area contributed by atoms with Gasteiger partial charge in [-0.15, -0.1) is 0 Å². The monoisotopic (exact) mass is 324 g/mol. The highest BCUT2D eigenvalue weighted by atomic mass is 16.5. The average molecular weight is 324 g/mol. The Bertz CT molecular complexity index is 1230. The van der Waals surface area contributed by atoms with Crippen LogP contribution in [0.5, 0.6) is 5.75 Å². The van der Waals surface area contributed by atoms with E-state index in [4.69, 9.17) is 9.15 Å². The molecule has 0 radical (unpaired) electrons. The summed E-state index contributed by atoms with van der Waals surface area (Å²) < 4.78 is 11.2. The van der Waals surface area contributed by atoms with Gasteiger partial charge in [-0.3, -0.25) is 0 Å². The van der Waals surface area contributed by atoms with Gasteiger partial charge in [-0.1, -0.05) is 48.5 Å². The lowest BCUT2D eigenvalue weighted by Gasteiger charge is -2.06. The first-order valence-corrected chi connectivity index (χ1v) is 8.30. The van der Waals surface area contributed by atoms with E-state index in [1.54, 1.807) is 7.11 Å². The normalized spacial score (nSPS) is 11.4. The highest BCUT2D eigenvalue weighted by Gasteiger charge is 2.12. The van der Waals surface area contributed by atoms with E-state index >= 15 is 0 Å². The minimum absolute atomic E-state index is 0.875. The van der Waals surface area contributed by atoms with Crippen LogP contribution in [0.15, 0.2) is 83.5 Å². The summed E-state index contributed by atoms with van der Waals surface area (Å²) in [6.45, 7) is 0. The van der Waals surface area contributed by atoms with E-state index in [0.29, 0.717) is 0 Å². The Labute approximate surface area is 145 Å². The summed E-state index contributed by atoms with van der Waals surface area (Å²) in [4.78, 5) is 0. The third-order valence-electron chi connectivity index (χ3n) is 4.82. The molecule has 4 aromatic carbocycles. The molecular formula is C23H16O2. The Kier molecular flexibility index (Phi) is 3.04. The Morgan fingerprint density at radius 1 is 0.760 bits per heavy atom. The van der Waals surface area contributed by atoms with Gasteiger partial charge in [0, 0.05) is 10.9 Å². The number of benzene rings is 4. The van der Waals surface area contributed by atoms with Crippen LogP contribution in [-0.2, 0) is 0 Å². The fourth-order valence-electron chi connectivity index (χ4n) is 3.54. The summed E-state index contributed by atoms with van der Waals surface area (Å²) in [7, 11) is 1.69. The fourth-order valence-corrected chi connectivity index (χ4v) is 3.54. The van der Waals surface area contributed by atoms with Crippen molar-refractivity contribution < 1.29 is 9.15 Å². The first-order chi connectivity index (χ1) is 12.3. The van der Waals surface area contributed by atoms with Gasteiger partial charge in [0.1, 0.15) is 11.3 Å². The highest BCUT2D eigenvalue weighted by Crippen LogP contribution is 2.37. The van der Waals surface area contributed by atoms with Crippen molar-refractivity contribution in [3.05, 3.63) is 79.1 Å². The van der Waals surface area contributed by atoms with E-state index in [2.05, 4.69) is 60.7 Å². The Morgan fingerprint density at radius 2 is 1.56 bits per heavy atom. The summed E-state index contributed by atoms with van der Waals surface area (Å²) in [6, 6.07) is 25.2. The molecule has 5 rings (SSSR count). The molecule has 120 valence electrons. The zero-order chi connectivity index (χ0) is 16.8. The van der Waals surface area contributed by atoms with Crippen molar-refractivity contribution in [2.75, 3.05) is 7.11 Å². The molecule has 0 aliphatic heterocycles. The predicted octanol–water partition coefficient (Wildman–Crippen LogP) is 6.41. The molecule has 2 nitrogen and oxygen atoms in total. The molecule has 0 atom stereocenters. The second-order valence-electron chi connectivity index (χ2n) is 6.24. The smallest absolute Gasteiger partial charge is 0.135 e. The Balaban J connectivity index is 1.78. The van der Waals surface area contributed by atoms with Gasteiger partial charge in [-0.05, 0) is 51.4 Å². The van der Waals surface area contributed by atoms with Crippen LogP contribution in [0, 0.1) is 0 Å². The minimum Gasteiger partial charge on any atom is -0.497 e. The lowest BCUT2D eigenvalue weighted by Crippen LogP contribution is -1.83. The maximum atomic E-state index is 5.84. The van der Waals surface area contributed by atoms with E-state index in [1.807, 2.05) is 18.4 Å². The van der Waals surface area contributed by atoms with Crippen molar-refractivity contribution in [1.29, 1.82) is 0 Å². The molecule has 0 saturated heterocycles. The van der Waals surface area contributed by atoms with Gasteiger partial charge in [-0.2, -0.15) is 0 Å². The van der Waals surface area contributed by atoms with Crippen LogP contribution in [0.3, 0.4) is 0 Å². The number of fused-ring (bicyclic) bond motifs is 4. The van der Waals surface area contributed by atoms with E-state index in [0.717, 1.165) is 22.5 Å². The van der Waals surface area contributed by atoms with Crippen LogP contribution < -0.4 is 4.74 Å². The zero-order valence-electron chi connectivity index (χ0n) is 13.8. The van der Waals surface area contributed by atoms with Crippen molar-refractivity contribution in [3.63, 3.8) is 0 Å². The van der Waals surface area contributed by atoms with Crippen LogP contribution in [0.2, 0.25) is 0 Å². The number of ether oxygens (including phenoxy) is 1. The first-order valence-electron chi connectivity index (χ1n) is 8.30. The third kappa shape index (κ3) is 2.18. The van der Waals surface area contributed by atoms with Crippen LogP contribution in [0.1, 0.15) is 0 Å². The molecular weight excluding hydrogens is 308 g/mol. The third-order valence-corrected chi connectivity index (χ3v) is 4.82. The SMILES string of the molecule is COc1ccc2cc(-c3coc4ccc5ccccc5c34)ccc2c1. The van der Waals surface area contributed by atoms with Gasteiger partial charge < -0.3 is 9.15 Å². The summed E-state index contributed by atoms with van der Waals surface area (Å²) in [5.41, 5.74) is 3.21. The molecule has 0 unspecified atom stereocenters.